The van der Waals surface area contributed by atoms with Crippen LogP contribution in [0.5, 0.6) is 5.75 Å². The second-order valence-corrected chi connectivity index (χ2v) is 6.79. The maximum atomic E-state index is 13.2. The highest BCUT2D eigenvalue weighted by Crippen LogP contribution is 2.28. The molecule has 0 aliphatic heterocycles. The lowest BCUT2D eigenvalue weighted by Gasteiger charge is -2.24. The van der Waals surface area contributed by atoms with Gasteiger partial charge >= 0.3 is 12.1 Å². The predicted molar refractivity (Wildman–Crippen MR) is 99.5 cm³/mol. The summed E-state index contributed by atoms with van der Waals surface area (Å²) in [6, 6.07) is 8.58. The van der Waals surface area contributed by atoms with Gasteiger partial charge in [0.05, 0.1) is 23.4 Å². The summed E-state index contributed by atoms with van der Waals surface area (Å²) < 4.78 is 57.9. The number of benzene rings is 2. The number of halogens is 4. The minimum Gasteiger partial charge on any atom is -0.488 e. The minimum atomic E-state index is -4.95. The summed E-state index contributed by atoms with van der Waals surface area (Å²) in [7, 11) is 0. The highest BCUT2D eigenvalue weighted by atomic mass is 19.4. The zero-order valence-corrected chi connectivity index (χ0v) is 15.9. The molecule has 0 spiro atoms. The number of hydrogen-bond acceptors (Lipinski definition) is 3. The largest absolute Gasteiger partial charge is 0.488 e. The first-order valence-corrected chi connectivity index (χ1v) is 8.85. The molecule has 0 fully saturated rings. The van der Waals surface area contributed by atoms with Crippen molar-refractivity contribution in [1.82, 2.24) is 15.1 Å². The van der Waals surface area contributed by atoms with Gasteiger partial charge in [0, 0.05) is 5.39 Å². The summed E-state index contributed by atoms with van der Waals surface area (Å²) in [4.78, 5) is 11.1. The molecule has 0 unspecified atom stereocenters. The van der Waals surface area contributed by atoms with E-state index in [0.29, 0.717) is 11.4 Å². The standard InChI is InChI=1S/C20H19F4N3O2/c1-11-8-17-14(10-25-27(17)16-6-4-15(21)5-7-16)9-18(11)29-13(3)12(2)26-19(28)20(22,23)24/h4-10,12-13H,1-3H3,(H,26,28)/t12-,13+/m0/s1. The van der Waals surface area contributed by atoms with Crippen molar-refractivity contribution in [1.29, 1.82) is 0 Å². The van der Waals surface area contributed by atoms with Gasteiger partial charge in [-0.05, 0) is 62.7 Å². The van der Waals surface area contributed by atoms with Crippen LogP contribution < -0.4 is 10.1 Å². The van der Waals surface area contributed by atoms with Gasteiger partial charge in [-0.15, -0.1) is 0 Å². The van der Waals surface area contributed by atoms with Crippen LogP contribution in [0.2, 0.25) is 0 Å². The lowest BCUT2D eigenvalue weighted by Crippen LogP contribution is -2.47. The Bertz CT molecular complexity index is 1030. The van der Waals surface area contributed by atoms with Gasteiger partial charge in [0.25, 0.3) is 0 Å². The van der Waals surface area contributed by atoms with Crippen molar-refractivity contribution < 1.29 is 27.1 Å². The van der Waals surface area contributed by atoms with Gasteiger partial charge in [-0.3, -0.25) is 4.79 Å². The fourth-order valence-corrected chi connectivity index (χ4v) is 2.78. The fourth-order valence-electron chi connectivity index (χ4n) is 2.78. The Morgan fingerprint density at radius 3 is 2.45 bits per heavy atom. The van der Waals surface area contributed by atoms with Crippen molar-refractivity contribution in [3.8, 4) is 11.4 Å². The van der Waals surface area contributed by atoms with Crippen molar-refractivity contribution in [3.63, 3.8) is 0 Å². The molecule has 9 heteroatoms. The second-order valence-electron chi connectivity index (χ2n) is 6.79. The zero-order valence-electron chi connectivity index (χ0n) is 15.9. The minimum absolute atomic E-state index is 0.349. The number of alkyl halides is 3. The van der Waals surface area contributed by atoms with Gasteiger partial charge in [-0.25, -0.2) is 9.07 Å². The first kappa shape index (κ1) is 20.6. The molecular weight excluding hydrogens is 390 g/mol. The molecule has 0 aliphatic rings. The van der Waals surface area contributed by atoms with E-state index in [1.54, 1.807) is 42.9 Å². The van der Waals surface area contributed by atoms with Crippen molar-refractivity contribution in [3.05, 3.63) is 54.0 Å². The number of nitrogens with zero attached hydrogens (tertiary/aromatic N) is 2. The molecule has 1 amide bonds. The maximum absolute atomic E-state index is 13.2. The molecule has 1 N–H and O–H groups in total. The summed E-state index contributed by atoms with van der Waals surface area (Å²) in [5, 5.41) is 6.95. The summed E-state index contributed by atoms with van der Waals surface area (Å²) in [5.74, 6) is -1.89. The van der Waals surface area contributed by atoms with Gasteiger partial charge in [0.15, 0.2) is 0 Å². The number of fused-ring (bicyclic) bond motifs is 1. The van der Waals surface area contributed by atoms with E-state index in [9.17, 15) is 22.4 Å². The molecule has 29 heavy (non-hydrogen) atoms. The molecule has 0 radical (unpaired) electrons. The molecule has 1 aromatic heterocycles. The number of ether oxygens (including phenoxy) is 1. The van der Waals surface area contributed by atoms with Crippen molar-refractivity contribution in [2.75, 3.05) is 0 Å². The molecule has 0 saturated carbocycles. The number of aryl methyl sites for hydroxylation is 1. The van der Waals surface area contributed by atoms with Gasteiger partial charge in [0.1, 0.15) is 17.7 Å². The summed E-state index contributed by atoms with van der Waals surface area (Å²) in [6.07, 6.45) is -4.04. The average Bonchev–Trinajstić information content (AvgIpc) is 3.04. The van der Waals surface area contributed by atoms with Crippen molar-refractivity contribution >= 4 is 16.8 Å². The Balaban J connectivity index is 1.81. The van der Waals surface area contributed by atoms with E-state index in [2.05, 4.69) is 5.10 Å². The van der Waals surface area contributed by atoms with Crippen LogP contribution in [0.1, 0.15) is 19.4 Å². The smallest absolute Gasteiger partial charge is 0.471 e. The first-order chi connectivity index (χ1) is 13.6. The Morgan fingerprint density at radius 1 is 1.17 bits per heavy atom. The molecule has 2 aromatic carbocycles. The number of carbonyl (C=O) groups is 1. The van der Waals surface area contributed by atoms with Crippen LogP contribution in [0.25, 0.3) is 16.6 Å². The second kappa shape index (κ2) is 7.73. The van der Waals surface area contributed by atoms with Crippen LogP contribution in [-0.2, 0) is 4.79 Å². The lowest BCUT2D eigenvalue weighted by atomic mass is 10.1. The van der Waals surface area contributed by atoms with Crippen molar-refractivity contribution in [2.24, 2.45) is 0 Å². The Kier molecular flexibility index (Phi) is 5.50. The van der Waals surface area contributed by atoms with Crippen LogP contribution in [0.4, 0.5) is 17.6 Å². The summed E-state index contributed by atoms with van der Waals surface area (Å²) >= 11 is 0. The van der Waals surface area contributed by atoms with E-state index in [1.165, 1.54) is 19.1 Å². The molecule has 0 bridgehead atoms. The molecule has 5 nitrogen and oxygen atoms in total. The molecule has 2 atom stereocenters. The van der Waals surface area contributed by atoms with E-state index >= 15 is 0 Å². The Hall–Kier alpha value is -3.10. The van der Waals surface area contributed by atoms with E-state index in [-0.39, 0.29) is 5.82 Å². The third kappa shape index (κ3) is 4.49. The number of rotatable bonds is 5. The van der Waals surface area contributed by atoms with Gasteiger partial charge in [0.2, 0.25) is 0 Å². The average molecular weight is 409 g/mol. The molecule has 0 saturated heterocycles. The van der Waals surface area contributed by atoms with E-state index in [4.69, 9.17) is 4.74 Å². The van der Waals surface area contributed by atoms with Gasteiger partial charge in [-0.2, -0.15) is 18.3 Å². The molecule has 1 heterocycles. The van der Waals surface area contributed by atoms with Gasteiger partial charge < -0.3 is 10.1 Å². The number of aromatic nitrogens is 2. The monoisotopic (exact) mass is 409 g/mol. The van der Waals surface area contributed by atoms with E-state index in [0.717, 1.165) is 16.5 Å². The number of hydrogen-bond donors (Lipinski definition) is 1. The van der Waals surface area contributed by atoms with E-state index in [1.807, 2.05) is 11.4 Å². The third-order valence-electron chi connectivity index (χ3n) is 4.57. The molecule has 3 rings (SSSR count). The normalized spacial score (nSPS) is 13.9. The number of amides is 1. The molecular formula is C20H19F4N3O2. The highest BCUT2D eigenvalue weighted by molar-refractivity contribution is 5.83. The molecule has 0 aliphatic carbocycles. The summed E-state index contributed by atoms with van der Waals surface area (Å²) in [5.41, 5.74) is 2.20. The number of carbonyl (C=O) groups excluding carboxylic acids is 1. The lowest BCUT2D eigenvalue weighted by molar-refractivity contribution is -0.174. The maximum Gasteiger partial charge on any atom is 0.471 e. The Labute approximate surface area is 164 Å². The SMILES string of the molecule is Cc1cc2c(cnn2-c2ccc(F)cc2)cc1O[C@H](C)[C@H](C)NC(=O)C(F)(F)F. The highest BCUT2D eigenvalue weighted by Gasteiger charge is 2.39. The van der Waals surface area contributed by atoms with Crippen LogP contribution >= 0.6 is 0 Å². The van der Waals surface area contributed by atoms with E-state index < -0.39 is 24.2 Å². The predicted octanol–water partition coefficient (Wildman–Crippen LogP) is 4.31. The number of nitrogens with one attached hydrogen (secondary N) is 1. The quantitative estimate of drug-likeness (QED) is 0.639. The zero-order chi connectivity index (χ0) is 21.3. The molecule has 154 valence electrons. The van der Waals surface area contributed by atoms with Crippen LogP contribution in [0.15, 0.2) is 42.6 Å². The third-order valence-corrected chi connectivity index (χ3v) is 4.57. The first-order valence-electron chi connectivity index (χ1n) is 8.85. The van der Waals surface area contributed by atoms with Crippen LogP contribution in [0.3, 0.4) is 0 Å². The van der Waals surface area contributed by atoms with Crippen LogP contribution in [0, 0.1) is 12.7 Å². The van der Waals surface area contributed by atoms with Crippen molar-refractivity contribution in [2.45, 2.75) is 39.1 Å². The Morgan fingerprint density at radius 2 is 1.83 bits per heavy atom. The fraction of sp³-hybridized carbons (Fsp3) is 0.300. The van der Waals surface area contributed by atoms with Crippen LogP contribution in [-0.4, -0.2) is 34.0 Å². The van der Waals surface area contributed by atoms with Gasteiger partial charge in [-0.1, -0.05) is 0 Å². The topological polar surface area (TPSA) is 56.1 Å². The summed E-state index contributed by atoms with van der Waals surface area (Å²) in [6.45, 7) is 4.81. The molecule has 3 aromatic rings.